The summed E-state index contributed by atoms with van der Waals surface area (Å²) in [6.45, 7) is 5.78. The van der Waals surface area contributed by atoms with Gasteiger partial charge in [-0.2, -0.15) is 0 Å². The van der Waals surface area contributed by atoms with Gasteiger partial charge in [0, 0.05) is 12.5 Å². The number of carbonyl (C=O) groups excluding carboxylic acids is 1. The molecule has 0 radical (unpaired) electrons. The molecule has 0 aliphatic heterocycles. The van der Waals surface area contributed by atoms with Gasteiger partial charge in [0.25, 0.3) is 0 Å². The molecule has 1 aliphatic carbocycles. The molecule has 0 spiro atoms. The van der Waals surface area contributed by atoms with Gasteiger partial charge in [-0.05, 0) is 31.6 Å². The molecule has 0 unspecified atom stereocenters. The Morgan fingerprint density at radius 3 is 2.39 bits per heavy atom. The monoisotopic (exact) mass is 324 g/mol. The zero-order chi connectivity index (χ0) is 12.7. The van der Waals surface area contributed by atoms with Crippen molar-refractivity contribution in [3.8, 4) is 0 Å². The molecule has 1 amide bonds. The summed E-state index contributed by atoms with van der Waals surface area (Å²) in [6.07, 6.45) is 6.37. The molecule has 0 aromatic rings. The second-order valence-corrected chi connectivity index (χ2v) is 5.75. The summed E-state index contributed by atoms with van der Waals surface area (Å²) in [5.41, 5.74) is 7.35. The molecule has 2 N–H and O–H groups in total. The Kier molecular flexibility index (Phi) is 11.7. The van der Waals surface area contributed by atoms with Gasteiger partial charge in [0.15, 0.2) is 0 Å². The number of amides is 1. The van der Waals surface area contributed by atoms with E-state index in [1.165, 1.54) is 6.42 Å². The van der Waals surface area contributed by atoms with Crippen LogP contribution in [0.3, 0.4) is 0 Å². The number of nitrogens with one attached hydrogen (secondary N) is 2. The summed E-state index contributed by atoms with van der Waals surface area (Å²) in [4.78, 5) is 11.9. The Balaban J connectivity index is 0.00000289. The molecule has 0 aromatic carbocycles. The van der Waals surface area contributed by atoms with Gasteiger partial charge < -0.3 is 11.1 Å². The summed E-state index contributed by atoms with van der Waals surface area (Å²) >= 11 is 0. The van der Waals surface area contributed by atoms with Crippen molar-refractivity contribution in [3.63, 3.8) is 0 Å². The smallest absolute Gasteiger partial charge is 0.677 e. The van der Waals surface area contributed by atoms with Crippen molar-refractivity contribution in [1.82, 2.24) is 5.32 Å². The molecule has 1 saturated carbocycles. The predicted octanol–water partition coefficient (Wildman–Crippen LogP) is 0.401. The summed E-state index contributed by atoms with van der Waals surface area (Å²) in [7, 11) is 0. The second kappa shape index (κ2) is 11.0. The third kappa shape index (κ3) is 7.73. The molecule has 0 bridgehead atoms. The van der Waals surface area contributed by atoms with E-state index in [-0.39, 0.29) is 70.0 Å². The van der Waals surface area contributed by atoms with E-state index in [9.17, 15) is 4.79 Å². The zero-order valence-electron chi connectivity index (χ0n) is 12.3. The third-order valence-corrected chi connectivity index (χ3v) is 3.76. The average molecular weight is 325 g/mol. The zero-order valence-corrected chi connectivity index (χ0v) is 17.2. The minimum atomic E-state index is 0. The molecule has 1 fully saturated rings. The minimum Gasteiger partial charge on any atom is -0.677 e. The Hall–Kier alpha value is 1.24. The van der Waals surface area contributed by atoms with Crippen LogP contribution in [0, 0.1) is 17.8 Å². The van der Waals surface area contributed by atoms with Crippen molar-refractivity contribution in [2.45, 2.75) is 52.4 Å². The van der Waals surface area contributed by atoms with Crippen molar-refractivity contribution in [2.75, 3.05) is 13.1 Å². The van der Waals surface area contributed by atoms with Crippen molar-refractivity contribution in [1.29, 1.82) is 0 Å². The Morgan fingerprint density at radius 2 is 1.89 bits per heavy atom. The molecule has 0 atom stereocenters. The van der Waals surface area contributed by atoms with Crippen molar-refractivity contribution < 1.29 is 63.0 Å². The molecule has 1 rings (SSSR count). The fraction of sp³-hybridized carbons (Fsp3) is 0.929. The summed E-state index contributed by atoms with van der Waals surface area (Å²) < 4.78 is 0. The quantitative estimate of drug-likeness (QED) is 0.707. The van der Waals surface area contributed by atoms with Gasteiger partial charge >= 0.3 is 58.2 Å². The summed E-state index contributed by atoms with van der Waals surface area (Å²) in [6, 6.07) is 0. The average Bonchev–Trinajstić information content (AvgIpc) is 2.34. The standard InChI is InChI=1S/C14H27N2O.Rb/c1-11(2)4-3-9-16-14(17)13-7-5-12(10-15)6-8-13;/h11-13,15H,3-10H2,1-2H3,(H,16,17);/q-1;+1. The van der Waals surface area contributed by atoms with Crippen molar-refractivity contribution >= 4 is 5.91 Å². The number of hydrogen-bond donors (Lipinski definition) is 1. The second-order valence-electron chi connectivity index (χ2n) is 5.75. The van der Waals surface area contributed by atoms with E-state index >= 15 is 0 Å². The maximum Gasteiger partial charge on any atom is 1.00 e. The van der Waals surface area contributed by atoms with Crippen LogP contribution in [-0.2, 0) is 4.79 Å². The minimum absolute atomic E-state index is 0. The topological polar surface area (TPSA) is 52.9 Å². The van der Waals surface area contributed by atoms with E-state index in [0.717, 1.165) is 44.6 Å². The van der Waals surface area contributed by atoms with Crippen LogP contribution < -0.4 is 63.5 Å². The molecular weight excluding hydrogens is 298 g/mol. The van der Waals surface area contributed by atoms with Crippen LogP contribution >= 0.6 is 0 Å². The summed E-state index contributed by atoms with van der Waals surface area (Å²) in [5.74, 6) is 1.73. The van der Waals surface area contributed by atoms with Gasteiger partial charge in [-0.25, -0.2) is 0 Å². The van der Waals surface area contributed by atoms with E-state index in [0.29, 0.717) is 12.5 Å². The van der Waals surface area contributed by atoms with Crippen LogP contribution in [-0.4, -0.2) is 19.0 Å². The first-order valence-electron chi connectivity index (χ1n) is 7.05. The Morgan fingerprint density at radius 1 is 1.28 bits per heavy atom. The molecule has 0 aromatic heterocycles. The molecule has 18 heavy (non-hydrogen) atoms. The molecule has 1 aliphatic rings. The van der Waals surface area contributed by atoms with Gasteiger partial charge in [0.1, 0.15) is 0 Å². The normalized spacial score (nSPS) is 23.6. The fourth-order valence-electron chi connectivity index (χ4n) is 2.49. The third-order valence-electron chi connectivity index (χ3n) is 3.76. The van der Waals surface area contributed by atoms with E-state index in [1.807, 2.05) is 0 Å². The SMILES string of the molecule is CC(C)CCCNC(=O)C1CCC(C[NH-])CC1.[Rb+]. The van der Waals surface area contributed by atoms with Gasteiger partial charge in [-0.3, -0.25) is 4.79 Å². The van der Waals surface area contributed by atoms with E-state index in [1.54, 1.807) is 0 Å². The first-order valence-corrected chi connectivity index (χ1v) is 7.05. The van der Waals surface area contributed by atoms with Crippen molar-refractivity contribution in [3.05, 3.63) is 5.73 Å². The molecule has 4 heteroatoms. The van der Waals surface area contributed by atoms with Crippen LogP contribution in [0.25, 0.3) is 5.73 Å². The van der Waals surface area contributed by atoms with Gasteiger partial charge in [0.2, 0.25) is 5.91 Å². The molecule has 3 nitrogen and oxygen atoms in total. The Bertz CT molecular complexity index is 226. The van der Waals surface area contributed by atoms with E-state index < -0.39 is 0 Å². The van der Waals surface area contributed by atoms with E-state index in [4.69, 9.17) is 5.73 Å². The van der Waals surface area contributed by atoms with Crippen LogP contribution in [0.15, 0.2) is 0 Å². The Labute approximate surface area is 161 Å². The molecule has 0 saturated heterocycles. The van der Waals surface area contributed by atoms with Crippen LogP contribution in [0.2, 0.25) is 0 Å². The molecule has 100 valence electrons. The molecule has 0 heterocycles. The first-order chi connectivity index (χ1) is 8.13. The maximum absolute atomic E-state index is 11.9. The van der Waals surface area contributed by atoms with Crippen LogP contribution in [0.1, 0.15) is 52.4 Å². The number of hydrogen-bond acceptors (Lipinski definition) is 1. The fourth-order valence-corrected chi connectivity index (χ4v) is 2.49. The van der Waals surface area contributed by atoms with Gasteiger partial charge in [-0.15, -0.1) is 6.54 Å². The van der Waals surface area contributed by atoms with E-state index in [2.05, 4.69) is 19.2 Å². The maximum atomic E-state index is 11.9. The number of carbonyl (C=O) groups is 1. The van der Waals surface area contributed by atoms with Crippen molar-refractivity contribution in [2.24, 2.45) is 17.8 Å². The first kappa shape index (κ1) is 19.2. The van der Waals surface area contributed by atoms with Crippen LogP contribution in [0.4, 0.5) is 0 Å². The summed E-state index contributed by atoms with van der Waals surface area (Å²) in [5, 5.41) is 3.05. The largest absolute Gasteiger partial charge is 1.00 e. The molecular formula is C14H27N2ORb. The number of rotatable bonds is 6. The van der Waals surface area contributed by atoms with Gasteiger partial charge in [0.05, 0.1) is 0 Å². The predicted molar refractivity (Wildman–Crippen MR) is 71.7 cm³/mol. The van der Waals surface area contributed by atoms with Gasteiger partial charge in [-0.1, -0.05) is 32.6 Å². The van der Waals surface area contributed by atoms with Crippen LogP contribution in [0.5, 0.6) is 0 Å².